The predicted octanol–water partition coefficient (Wildman–Crippen LogP) is 1.04. The lowest BCUT2D eigenvalue weighted by Gasteiger charge is -2.30. The molecule has 2 N–H and O–H groups in total. The fourth-order valence-corrected chi connectivity index (χ4v) is 1.64. The second-order valence-electron chi connectivity index (χ2n) is 3.89. The molecular weight excluding hydrogens is 258 g/mol. The molecule has 6 nitrogen and oxygen atoms in total. The summed E-state index contributed by atoms with van der Waals surface area (Å²) in [5.41, 5.74) is 6.02. The lowest BCUT2D eigenvalue weighted by atomic mass is 10.2. The van der Waals surface area contributed by atoms with Crippen LogP contribution >= 0.6 is 0 Å². The van der Waals surface area contributed by atoms with Gasteiger partial charge in [-0.25, -0.2) is 14.8 Å². The lowest BCUT2D eigenvalue weighted by molar-refractivity contribution is -0.140. The van der Waals surface area contributed by atoms with Crippen molar-refractivity contribution in [2.24, 2.45) is 5.73 Å². The zero-order chi connectivity index (χ0) is 15.0. The Labute approximate surface area is 117 Å². The molecule has 1 aromatic carbocycles. The van der Waals surface area contributed by atoms with E-state index < -0.39 is 11.9 Å². The predicted molar refractivity (Wildman–Crippen MR) is 75.2 cm³/mol. The third-order valence-corrected chi connectivity index (χ3v) is 2.57. The van der Waals surface area contributed by atoms with E-state index in [9.17, 15) is 14.4 Å². The van der Waals surface area contributed by atoms with Crippen molar-refractivity contribution < 1.29 is 14.4 Å². The Balaban J connectivity index is 2.86. The molecule has 1 aromatic rings. The smallest absolute Gasteiger partial charge is 0.333 e. The molecular formula is C14H17N3O3. The summed E-state index contributed by atoms with van der Waals surface area (Å²) in [5.74, 6) is -0.485. The largest absolute Gasteiger partial charge is 0.350 e. The van der Waals surface area contributed by atoms with Crippen LogP contribution in [0.25, 0.3) is 6.08 Å². The normalized spacial score (nSPS) is 10.2. The van der Waals surface area contributed by atoms with E-state index in [1.807, 2.05) is 30.3 Å². The van der Waals surface area contributed by atoms with Crippen LogP contribution in [0.1, 0.15) is 12.5 Å². The van der Waals surface area contributed by atoms with E-state index in [1.54, 1.807) is 13.0 Å². The van der Waals surface area contributed by atoms with Gasteiger partial charge >= 0.3 is 6.03 Å². The fourth-order valence-electron chi connectivity index (χ4n) is 1.64. The zero-order valence-electron chi connectivity index (χ0n) is 11.2. The number of hydrogen-bond donors (Lipinski definition) is 1. The van der Waals surface area contributed by atoms with E-state index in [-0.39, 0.29) is 13.1 Å². The topological polar surface area (TPSA) is 83.7 Å². The van der Waals surface area contributed by atoms with E-state index >= 15 is 0 Å². The number of amides is 3. The molecule has 3 amide bonds. The highest BCUT2D eigenvalue weighted by molar-refractivity contribution is 5.93. The van der Waals surface area contributed by atoms with Gasteiger partial charge in [0.1, 0.15) is 6.29 Å². The molecule has 0 bridgehead atoms. The number of hydrazine groups is 1. The number of benzene rings is 1. The number of nitrogens with zero attached hydrogens (tertiary/aromatic N) is 2. The monoisotopic (exact) mass is 275 g/mol. The van der Waals surface area contributed by atoms with Crippen LogP contribution in [-0.2, 0) is 9.59 Å². The van der Waals surface area contributed by atoms with Crippen molar-refractivity contribution in [3.8, 4) is 0 Å². The van der Waals surface area contributed by atoms with Gasteiger partial charge in [0, 0.05) is 12.6 Å². The van der Waals surface area contributed by atoms with Gasteiger partial charge in [-0.1, -0.05) is 30.3 Å². The summed E-state index contributed by atoms with van der Waals surface area (Å²) >= 11 is 0. The SMILES string of the molecule is CCN(C(N)=O)N(CC=O)C(=O)/C=C/c1ccccc1. The van der Waals surface area contributed by atoms with Crippen molar-refractivity contribution in [1.82, 2.24) is 10.0 Å². The van der Waals surface area contributed by atoms with Crippen LogP contribution in [-0.4, -0.2) is 41.3 Å². The van der Waals surface area contributed by atoms with Gasteiger partial charge in [0.2, 0.25) is 0 Å². The van der Waals surface area contributed by atoms with Crippen LogP contribution in [0.4, 0.5) is 4.79 Å². The van der Waals surface area contributed by atoms with Crippen molar-refractivity contribution >= 4 is 24.3 Å². The Hall–Kier alpha value is -2.63. The zero-order valence-corrected chi connectivity index (χ0v) is 11.2. The molecule has 0 spiro atoms. The van der Waals surface area contributed by atoms with Crippen LogP contribution < -0.4 is 5.73 Å². The van der Waals surface area contributed by atoms with Gasteiger partial charge in [0.25, 0.3) is 5.91 Å². The third-order valence-electron chi connectivity index (χ3n) is 2.57. The molecule has 0 saturated carbocycles. The van der Waals surface area contributed by atoms with Crippen molar-refractivity contribution in [2.45, 2.75) is 6.92 Å². The molecule has 0 unspecified atom stereocenters. The van der Waals surface area contributed by atoms with Crippen molar-refractivity contribution in [1.29, 1.82) is 0 Å². The first kappa shape index (κ1) is 15.4. The van der Waals surface area contributed by atoms with Crippen molar-refractivity contribution in [2.75, 3.05) is 13.1 Å². The van der Waals surface area contributed by atoms with Crippen LogP contribution in [0.5, 0.6) is 0 Å². The van der Waals surface area contributed by atoms with Crippen LogP contribution in [0.2, 0.25) is 0 Å². The second kappa shape index (κ2) is 7.73. The summed E-state index contributed by atoms with van der Waals surface area (Å²) in [6.45, 7) is 1.64. The summed E-state index contributed by atoms with van der Waals surface area (Å²) in [5, 5.41) is 2.03. The van der Waals surface area contributed by atoms with Gasteiger partial charge in [-0.15, -0.1) is 0 Å². The van der Waals surface area contributed by atoms with Crippen LogP contribution in [0, 0.1) is 0 Å². The van der Waals surface area contributed by atoms with Crippen molar-refractivity contribution in [3.63, 3.8) is 0 Å². The maximum atomic E-state index is 12.0. The summed E-state index contributed by atoms with van der Waals surface area (Å²) in [4.78, 5) is 33.9. The molecule has 20 heavy (non-hydrogen) atoms. The Bertz CT molecular complexity index is 500. The highest BCUT2D eigenvalue weighted by Crippen LogP contribution is 2.04. The Morgan fingerprint density at radius 2 is 1.85 bits per heavy atom. The minimum absolute atomic E-state index is 0.202. The van der Waals surface area contributed by atoms with E-state index in [0.29, 0.717) is 6.29 Å². The molecule has 0 aliphatic carbocycles. The number of nitrogens with two attached hydrogens (primary N) is 1. The third kappa shape index (κ3) is 4.24. The standard InChI is InChI=1S/C14H17N3O3/c1-2-16(14(15)20)17(10-11-18)13(19)9-8-12-6-4-3-5-7-12/h3-9,11H,2,10H2,1H3,(H2,15,20)/b9-8+. The number of rotatable bonds is 5. The van der Waals surface area contributed by atoms with Gasteiger partial charge in [-0.05, 0) is 18.6 Å². The van der Waals surface area contributed by atoms with E-state index in [4.69, 9.17) is 5.73 Å². The fraction of sp³-hybridized carbons (Fsp3) is 0.214. The van der Waals surface area contributed by atoms with Gasteiger partial charge in [0.05, 0.1) is 6.54 Å². The molecule has 0 saturated heterocycles. The first-order chi connectivity index (χ1) is 9.60. The first-order valence-corrected chi connectivity index (χ1v) is 6.15. The van der Waals surface area contributed by atoms with E-state index in [1.165, 1.54) is 6.08 Å². The number of hydrogen-bond acceptors (Lipinski definition) is 3. The van der Waals surface area contributed by atoms with Crippen LogP contribution in [0.3, 0.4) is 0 Å². The average Bonchev–Trinajstić information content (AvgIpc) is 2.45. The minimum Gasteiger partial charge on any atom is -0.350 e. The lowest BCUT2D eigenvalue weighted by Crippen LogP contribution is -2.52. The maximum absolute atomic E-state index is 12.0. The number of carbonyl (C=O) groups excluding carboxylic acids is 3. The highest BCUT2D eigenvalue weighted by Gasteiger charge is 2.20. The van der Waals surface area contributed by atoms with E-state index in [0.717, 1.165) is 15.6 Å². The van der Waals surface area contributed by atoms with Gasteiger partial charge < -0.3 is 10.5 Å². The van der Waals surface area contributed by atoms with Gasteiger partial charge in [-0.2, -0.15) is 0 Å². The quantitative estimate of drug-likeness (QED) is 0.495. The van der Waals surface area contributed by atoms with Crippen LogP contribution in [0.15, 0.2) is 36.4 Å². The Kier molecular flexibility index (Phi) is 5.96. The first-order valence-electron chi connectivity index (χ1n) is 6.15. The summed E-state index contributed by atoms with van der Waals surface area (Å²) < 4.78 is 0. The molecule has 0 aliphatic rings. The molecule has 0 radical (unpaired) electrons. The molecule has 1 rings (SSSR count). The molecule has 0 heterocycles. The Morgan fingerprint density at radius 1 is 1.20 bits per heavy atom. The molecule has 106 valence electrons. The number of urea groups is 1. The molecule has 0 aliphatic heterocycles. The second-order valence-corrected chi connectivity index (χ2v) is 3.89. The summed E-state index contributed by atoms with van der Waals surface area (Å²) in [6, 6.07) is 8.43. The van der Waals surface area contributed by atoms with Crippen molar-refractivity contribution in [3.05, 3.63) is 42.0 Å². The van der Waals surface area contributed by atoms with Gasteiger partial charge in [-0.3, -0.25) is 4.79 Å². The molecule has 0 fully saturated rings. The maximum Gasteiger partial charge on any atom is 0.333 e. The summed E-state index contributed by atoms with van der Waals surface area (Å²) in [6.07, 6.45) is 3.44. The highest BCUT2D eigenvalue weighted by atomic mass is 16.2. The average molecular weight is 275 g/mol. The Morgan fingerprint density at radius 3 is 2.35 bits per heavy atom. The molecule has 6 heteroatoms. The van der Waals surface area contributed by atoms with E-state index in [2.05, 4.69) is 0 Å². The summed E-state index contributed by atoms with van der Waals surface area (Å²) in [7, 11) is 0. The number of carbonyl (C=O) groups is 3. The van der Waals surface area contributed by atoms with Gasteiger partial charge in [0.15, 0.2) is 0 Å². The molecule has 0 aromatic heterocycles. The number of primary amides is 1. The minimum atomic E-state index is -0.782. The molecule has 0 atom stereocenters. The number of aldehydes is 1.